The van der Waals surface area contributed by atoms with Gasteiger partial charge in [-0.15, -0.1) is 0 Å². The molecule has 0 atom stereocenters. The molecule has 2 amide bonds. The first kappa shape index (κ1) is 30.0. The van der Waals surface area contributed by atoms with Gasteiger partial charge in [0.25, 0.3) is 5.91 Å². The van der Waals surface area contributed by atoms with Crippen LogP contribution in [0.4, 0.5) is 30.4 Å². The number of nitrogens with one attached hydrogen (secondary N) is 5. The predicted octanol–water partition coefficient (Wildman–Crippen LogP) is 4.15. The number of H-pyrrole nitrogens is 1. The molecule has 0 aliphatic rings. The fourth-order valence-corrected chi connectivity index (χ4v) is 3.69. The maximum atomic E-state index is 13.0. The molecule has 40 heavy (non-hydrogen) atoms. The van der Waals surface area contributed by atoms with Crippen molar-refractivity contribution in [3.8, 4) is 11.5 Å². The molecule has 0 bridgehead atoms. The molecule has 0 aliphatic heterocycles. The minimum Gasteiger partial charge on any atom is -0.497 e. The van der Waals surface area contributed by atoms with Crippen LogP contribution in [-0.2, 0) is 17.6 Å². The third kappa shape index (κ3) is 9.34. The number of rotatable bonds is 14. The van der Waals surface area contributed by atoms with Crippen LogP contribution in [0.15, 0.2) is 55.1 Å². The first-order chi connectivity index (χ1) is 19.1. The van der Waals surface area contributed by atoms with E-state index in [1.54, 1.807) is 32.4 Å². The van der Waals surface area contributed by atoms with Gasteiger partial charge in [0.05, 0.1) is 37.7 Å². The molecule has 0 aliphatic carbocycles. The lowest BCUT2D eigenvalue weighted by atomic mass is 10.1. The number of methoxy groups -OCH3 is 2. The minimum absolute atomic E-state index is 0.0591. The molecule has 0 unspecified atom stereocenters. The molecule has 0 saturated carbocycles. The second-order valence-electron chi connectivity index (χ2n) is 8.62. The van der Waals surface area contributed by atoms with Gasteiger partial charge in [0.15, 0.2) is 0 Å². The summed E-state index contributed by atoms with van der Waals surface area (Å²) in [7, 11) is 3.17. The molecular formula is C27H31F3N6O4. The number of halogens is 3. The number of carbonyl (C=O) groups is 2. The van der Waals surface area contributed by atoms with Crippen molar-refractivity contribution in [1.82, 2.24) is 15.5 Å². The van der Waals surface area contributed by atoms with E-state index < -0.39 is 24.5 Å². The SMILES string of the molecule is C=CC(=O)Nc1cc(NCCNCC(F)(F)F)ccc1C(=O)Nc1cc(CCc2cc(OC)cc(OC)c2)n[nH]1. The fraction of sp³-hybridized carbons (Fsp3) is 0.296. The molecule has 10 nitrogen and oxygen atoms in total. The zero-order chi connectivity index (χ0) is 29.1. The number of aromatic nitrogens is 2. The van der Waals surface area contributed by atoms with Gasteiger partial charge in [0.2, 0.25) is 5.91 Å². The third-order valence-electron chi connectivity index (χ3n) is 5.62. The molecule has 0 fully saturated rings. The average Bonchev–Trinajstić information content (AvgIpc) is 3.37. The lowest BCUT2D eigenvalue weighted by molar-refractivity contribution is -0.124. The fourth-order valence-electron chi connectivity index (χ4n) is 3.69. The van der Waals surface area contributed by atoms with Crippen molar-refractivity contribution in [2.24, 2.45) is 0 Å². The van der Waals surface area contributed by atoms with Crippen LogP contribution in [0.1, 0.15) is 21.6 Å². The third-order valence-corrected chi connectivity index (χ3v) is 5.62. The molecule has 1 heterocycles. The van der Waals surface area contributed by atoms with Crippen molar-refractivity contribution >= 4 is 29.0 Å². The molecule has 0 radical (unpaired) electrons. The molecule has 3 rings (SSSR count). The molecule has 2 aromatic carbocycles. The van der Waals surface area contributed by atoms with Crippen LogP contribution in [0.25, 0.3) is 0 Å². The van der Waals surface area contributed by atoms with Crippen LogP contribution in [-0.4, -0.2) is 62.0 Å². The van der Waals surface area contributed by atoms with Crippen molar-refractivity contribution in [3.63, 3.8) is 0 Å². The molecule has 3 aromatic rings. The summed E-state index contributed by atoms with van der Waals surface area (Å²) >= 11 is 0. The number of anilines is 3. The van der Waals surface area contributed by atoms with Crippen LogP contribution in [0.5, 0.6) is 11.5 Å². The number of amides is 2. The maximum absolute atomic E-state index is 13.0. The van der Waals surface area contributed by atoms with E-state index in [0.29, 0.717) is 35.8 Å². The summed E-state index contributed by atoms with van der Waals surface area (Å²) in [4.78, 5) is 25.0. The predicted molar refractivity (Wildman–Crippen MR) is 146 cm³/mol. The number of nitrogens with zero attached hydrogens (tertiary/aromatic N) is 1. The summed E-state index contributed by atoms with van der Waals surface area (Å²) in [5.41, 5.74) is 2.58. The normalized spacial score (nSPS) is 11.0. The van der Waals surface area contributed by atoms with Gasteiger partial charge in [0.1, 0.15) is 17.3 Å². The zero-order valence-electron chi connectivity index (χ0n) is 22.1. The summed E-state index contributed by atoms with van der Waals surface area (Å²) in [6, 6.07) is 11.9. The van der Waals surface area contributed by atoms with Gasteiger partial charge in [-0.05, 0) is 54.8 Å². The minimum atomic E-state index is -4.29. The number of carbonyl (C=O) groups excluding carboxylic acids is 2. The van der Waals surface area contributed by atoms with Gasteiger partial charge >= 0.3 is 6.18 Å². The van der Waals surface area contributed by atoms with E-state index in [9.17, 15) is 22.8 Å². The highest BCUT2D eigenvalue weighted by atomic mass is 19.4. The van der Waals surface area contributed by atoms with Gasteiger partial charge < -0.3 is 30.7 Å². The van der Waals surface area contributed by atoms with E-state index in [0.717, 1.165) is 17.3 Å². The molecule has 0 saturated heterocycles. The van der Waals surface area contributed by atoms with Crippen LogP contribution in [0.3, 0.4) is 0 Å². The Bertz CT molecular complexity index is 1300. The summed E-state index contributed by atoms with van der Waals surface area (Å²) in [5, 5.41) is 17.6. The van der Waals surface area contributed by atoms with Crippen molar-refractivity contribution in [3.05, 3.63) is 71.9 Å². The summed E-state index contributed by atoms with van der Waals surface area (Å²) < 4.78 is 47.4. The zero-order valence-corrected chi connectivity index (χ0v) is 22.1. The van der Waals surface area contributed by atoms with Gasteiger partial charge in [-0.1, -0.05) is 6.58 Å². The van der Waals surface area contributed by atoms with E-state index in [-0.39, 0.29) is 24.3 Å². The molecule has 0 spiro atoms. The number of aromatic amines is 1. The smallest absolute Gasteiger partial charge is 0.401 e. The Hall–Kier alpha value is -4.52. The number of aryl methyl sites for hydroxylation is 2. The van der Waals surface area contributed by atoms with E-state index in [4.69, 9.17) is 9.47 Å². The number of hydrogen-bond donors (Lipinski definition) is 5. The van der Waals surface area contributed by atoms with Crippen molar-refractivity contribution < 1.29 is 32.2 Å². The Morgan fingerprint density at radius 1 is 1.00 bits per heavy atom. The van der Waals surface area contributed by atoms with Crippen LogP contribution in [0.2, 0.25) is 0 Å². The van der Waals surface area contributed by atoms with Crippen molar-refractivity contribution in [1.29, 1.82) is 0 Å². The first-order valence-electron chi connectivity index (χ1n) is 12.3. The van der Waals surface area contributed by atoms with Gasteiger partial charge in [-0.3, -0.25) is 14.7 Å². The van der Waals surface area contributed by atoms with E-state index in [1.165, 1.54) is 12.1 Å². The van der Waals surface area contributed by atoms with Gasteiger partial charge in [-0.2, -0.15) is 18.3 Å². The molecule has 13 heteroatoms. The average molecular weight is 561 g/mol. The first-order valence-corrected chi connectivity index (χ1v) is 12.3. The number of hydrogen-bond acceptors (Lipinski definition) is 7. The lowest BCUT2D eigenvalue weighted by Gasteiger charge is -2.14. The molecule has 214 valence electrons. The van der Waals surface area contributed by atoms with Crippen molar-refractivity contribution in [2.75, 3.05) is 49.8 Å². The Balaban J connectivity index is 1.64. The van der Waals surface area contributed by atoms with Crippen LogP contribution in [0, 0.1) is 0 Å². The van der Waals surface area contributed by atoms with Gasteiger partial charge in [-0.25, -0.2) is 0 Å². The van der Waals surface area contributed by atoms with E-state index in [1.807, 2.05) is 12.1 Å². The number of benzene rings is 2. The van der Waals surface area contributed by atoms with Crippen LogP contribution >= 0.6 is 0 Å². The van der Waals surface area contributed by atoms with Crippen LogP contribution < -0.4 is 30.7 Å². The monoisotopic (exact) mass is 560 g/mol. The standard InChI is InChI=1S/C27H31F3N6O4/c1-4-25(37)33-23-13-18(32-10-9-31-16-27(28,29)30)7-8-22(23)26(38)34-24-14-19(35-36-24)6-5-17-11-20(39-2)15-21(12-17)40-3/h4,7-8,11-15,31-32H,1,5-6,9-10,16H2,2-3H3,(H,33,37)(H2,34,35,36,38). The summed E-state index contributed by atoms with van der Waals surface area (Å²) in [6.07, 6.45) is -2.00. The quantitative estimate of drug-likeness (QED) is 0.148. The Morgan fingerprint density at radius 2 is 1.73 bits per heavy atom. The Labute approximate surface area is 229 Å². The highest BCUT2D eigenvalue weighted by molar-refractivity contribution is 6.11. The lowest BCUT2D eigenvalue weighted by Crippen LogP contribution is -2.32. The van der Waals surface area contributed by atoms with E-state index >= 15 is 0 Å². The molecule has 1 aromatic heterocycles. The molecular weight excluding hydrogens is 529 g/mol. The van der Waals surface area contributed by atoms with E-state index in [2.05, 4.69) is 38.0 Å². The second kappa shape index (κ2) is 14.0. The second-order valence-corrected chi connectivity index (χ2v) is 8.62. The van der Waals surface area contributed by atoms with Gasteiger partial charge in [0, 0.05) is 30.9 Å². The number of ether oxygens (including phenoxy) is 2. The topological polar surface area (TPSA) is 129 Å². The largest absolute Gasteiger partial charge is 0.497 e. The summed E-state index contributed by atoms with van der Waals surface area (Å²) in [6.45, 7) is 2.57. The number of alkyl halides is 3. The Kier molecular flexibility index (Phi) is 10.5. The van der Waals surface area contributed by atoms with Crippen molar-refractivity contribution in [2.45, 2.75) is 19.0 Å². The molecule has 5 N–H and O–H groups in total. The highest BCUT2D eigenvalue weighted by Crippen LogP contribution is 2.25. The highest BCUT2D eigenvalue weighted by Gasteiger charge is 2.25. The summed E-state index contributed by atoms with van der Waals surface area (Å²) in [5.74, 6) is 0.690. The Morgan fingerprint density at radius 3 is 2.38 bits per heavy atom. The maximum Gasteiger partial charge on any atom is 0.401 e.